The summed E-state index contributed by atoms with van der Waals surface area (Å²) in [7, 11) is 0. The Labute approximate surface area is 129 Å². The molecule has 1 aliphatic heterocycles. The number of ether oxygens (including phenoxy) is 2. The van der Waals surface area contributed by atoms with Gasteiger partial charge < -0.3 is 14.8 Å². The Balaban J connectivity index is 1.90. The molecule has 0 bridgehead atoms. The van der Waals surface area contributed by atoms with Crippen molar-refractivity contribution in [1.82, 2.24) is 5.32 Å². The van der Waals surface area contributed by atoms with Crippen LogP contribution in [0.25, 0.3) is 0 Å². The van der Waals surface area contributed by atoms with Crippen LogP contribution in [0.5, 0.6) is 0 Å². The Morgan fingerprint density at radius 2 is 2.19 bits per heavy atom. The van der Waals surface area contributed by atoms with Gasteiger partial charge in [0.1, 0.15) is 0 Å². The second-order valence-corrected chi connectivity index (χ2v) is 6.00. The Hall–Kier alpha value is -0.900. The number of aryl methyl sites for hydroxylation is 2. The number of benzene rings is 1. The van der Waals surface area contributed by atoms with Crippen LogP contribution in [0.15, 0.2) is 18.2 Å². The molecule has 0 aliphatic carbocycles. The monoisotopic (exact) mass is 291 g/mol. The summed E-state index contributed by atoms with van der Waals surface area (Å²) >= 11 is 0. The van der Waals surface area contributed by atoms with Gasteiger partial charge >= 0.3 is 0 Å². The largest absolute Gasteiger partial charge is 0.377 e. The summed E-state index contributed by atoms with van der Waals surface area (Å²) in [6.45, 7) is 9.71. The molecule has 1 aromatic rings. The zero-order chi connectivity index (χ0) is 15.1. The quantitative estimate of drug-likeness (QED) is 0.833. The number of likely N-dealkylation sites (N-methyl/N-ethyl adjacent to an activating group) is 1. The summed E-state index contributed by atoms with van der Waals surface area (Å²) in [6.07, 6.45) is 3.88. The maximum absolute atomic E-state index is 5.95. The Morgan fingerprint density at radius 3 is 2.90 bits per heavy atom. The molecule has 3 heteroatoms. The Kier molecular flexibility index (Phi) is 6.68. The molecule has 1 heterocycles. The van der Waals surface area contributed by atoms with E-state index in [-0.39, 0.29) is 6.04 Å². The van der Waals surface area contributed by atoms with Crippen LogP contribution in [0.2, 0.25) is 0 Å². The highest BCUT2D eigenvalue weighted by Gasteiger charge is 2.17. The molecular weight excluding hydrogens is 262 g/mol. The van der Waals surface area contributed by atoms with Gasteiger partial charge in [-0.15, -0.1) is 0 Å². The van der Waals surface area contributed by atoms with Crippen molar-refractivity contribution < 1.29 is 9.47 Å². The topological polar surface area (TPSA) is 30.5 Å². The minimum atomic E-state index is 0.262. The van der Waals surface area contributed by atoms with Gasteiger partial charge in [-0.1, -0.05) is 30.7 Å². The fraction of sp³-hybridized carbons (Fsp3) is 0.667. The van der Waals surface area contributed by atoms with Crippen LogP contribution in [0.3, 0.4) is 0 Å². The molecule has 3 nitrogen and oxygen atoms in total. The summed E-state index contributed by atoms with van der Waals surface area (Å²) in [4.78, 5) is 0. The van der Waals surface area contributed by atoms with Gasteiger partial charge in [-0.05, 0) is 50.8 Å². The van der Waals surface area contributed by atoms with Gasteiger partial charge in [0.2, 0.25) is 0 Å². The summed E-state index contributed by atoms with van der Waals surface area (Å²) in [5.41, 5.74) is 3.97. The van der Waals surface area contributed by atoms with E-state index in [9.17, 15) is 0 Å². The average Bonchev–Trinajstić information content (AvgIpc) is 2.50. The van der Waals surface area contributed by atoms with Crippen molar-refractivity contribution in [2.45, 2.75) is 52.2 Å². The van der Waals surface area contributed by atoms with Gasteiger partial charge in [-0.2, -0.15) is 0 Å². The zero-order valence-corrected chi connectivity index (χ0v) is 13.7. The van der Waals surface area contributed by atoms with Crippen molar-refractivity contribution in [3.05, 3.63) is 34.9 Å². The third-order valence-electron chi connectivity index (χ3n) is 4.12. The molecule has 21 heavy (non-hydrogen) atoms. The van der Waals surface area contributed by atoms with E-state index in [4.69, 9.17) is 9.47 Å². The van der Waals surface area contributed by atoms with Gasteiger partial charge in [0, 0.05) is 6.61 Å². The first-order chi connectivity index (χ1) is 10.2. The second-order valence-electron chi connectivity index (χ2n) is 6.00. The van der Waals surface area contributed by atoms with E-state index in [0.29, 0.717) is 19.3 Å². The van der Waals surface area contributed by atoms with Gasteiger partial charge in [0.25, 0.3) is 0 Å². The third kappa shape index (κ3) is 5.10. The molecule has 1 fully saturated rings. The van der Waals surface area contributed by atoms with E-state index >= 15 is 0 Å². The molecule has 2 rings (SSSR count). The van der Waals surface area contributed by atoms with Gasteiger partial charge in [0.05, 0.1) is 25.4 Å². The standard InChI is InChI=1S/C18H29NO2/c1-4-19-18(17-11-14(2)8-9-15(17)3)13-20-12-16-7-5-6-10-21-16/h8-9,11,16,18-19H,4-7,10,12-13H2,1-3H3. The first-order valence-electron chi connectivity index (χ1n) is 8.20. The zero-order valence-electron chi connectivity index (χ0n) is 13.7. The average molecular weight is 291 g/mol. The summed E-state index contributed by atoms with van der Waals surface area (Å²) in [5, 5.41) is 3.54. The number of hydrogen-bond donors (Lipinski definition) is 1. The van der Waals surface area contributed by atoms with E-state index in [1.54, 1.807) is 0 Å². The van der Waals surface area contributed by atoms with Gasteiger partial charge in [0.15, 0.2) is 0 Å². The van der Waals surface area contributed by atoms with Crippen LogP contribution < -0.4 is 5.32 Å². The Morgan fingerprint density at radius 1 is 1.33 bits per heavy atom. The van der Waals surface area contributed by atoms with Gasteiger partial charge in [-0.3, -0.25) is 0 Å². The van der Waals surface area contributed by atoms with E-state index in [1.807, 2.05) is 0 Å². The van der Waals surface area contributed by atoms with Crippen LogP contribution in [-0.2, 0) is 9.47 Å². The second kappa shape index (κ2) is 8.52. The molecule has 2 unspecified atom stereocenters. The van der Waals surface area contributed by atoms with Crippen molar-refractivity contribution >= 4 is 0 Å². The van der Waals surface area contributed by atoms with E-state index < -0.39 is 0 Å². The molecule has 1 saturated heterocycles. The minimum absolute atomic E-state index is 0.262. The summed E-state index contributed by atoms with van der Waals surface area (Å²) in [5.74, 6) is 0. The molecule has 0 saturated carbocycles. The van der Waals surface area contributed by atoms with Crippen molar-refractivity contribution in [1.29, 1.82) is 0 Å². The van der Waals surface area contributed by atoms with E-state index in [0.717, 1.165) is 19.6 Å². The maximum atomic E-state index is 5.95. The lowest BCUT2D eigenvalue weighted by Crippen LogP contribution is -2.29. The molecule has 118 valence electrons. The molecule has 1 aliphatic rings. The number of nitrogens with one attached hydrogen (secondary N) is 1. The maximum Gasteiger partial charge on any atom is 0.0808 e. The lowest BCUT2D eigenvalue weighted by molar-refractivity contribution is -0.0442. The normalized spacial score (nSPS) is 20.4. The summed E-state index contributed by atoms with van der Waals surface area (Å²) < 4.78 is 11.7. The minimum Gasteiger partial charge on any atom is -0.377 e. The fourth-order valence-electron chi connectivity index (χ4n) is 2.90. The highest BCUT2D eigenvalue weighted by atomic mass is 16.5. The highest BCUT2D eigenvalue weighted by molar-refractivity contribution is 5.33. The van der Waals surface area contributed by atoms with Crippen LogP contribution in [0.1, 0.15) is 48.9 Å². The van der Waals surface area contributed by atoms with Crippen LogP contribution in [-0.4, -0.2) is 32.5 Å². The molecule has 0 aromatic heterocycles. The van der Waals surface area contributed by atoms with Crippen LogP contribution in [0, 0.1) is 13.8 Å². The van der Waals surface area contributed by atoms with Crippen LogP contribution >= 0.6 is 0 Å². The predicted molar refractivity (Wildman–Crippen MR) is 86.7 cm³/mol. The Bertz CT molecular complexity index is 427. The number of hydrogen-bond acceptors (Lipinski definition) is 3. The molecule has 0 spiro atoms. The first kappa shape index (κ1) is 16.5. The fourth-order valence-corrected chi connectivity index (χ4v) is 2.90. The molecular formula is C18H29NO2. The lowest BCUT2D eigenvalue weighted by Gasteiger charge is -2.25. The van der Waals surface area contributed by atoms with Crippen molar-refractivity contribution in [2.75, 3.05) is 26.4 Å². The number of rotatable bonds is 7. The van der Waals surface area contributed by atoms with E-state index in [1.165, 1.54) is 29.5 Å². The predicted octanol–water partition coefficient (Wildman–Crippen LogP) is 3.54. The molecule has 1 N–H and O–H groups in total. The van der Waals surface area contributed by atoms with Crippen LogP contribution in [0.4, 0.5) is 0 Å². The van der Waals surface area contributed by atoms with Crippen molar-refractivity contribution in [2.24, 2.45) is 0 Å². The molecule has 0 amide bonds. The third-order valence-corrected chi connectivity index (χ3v) is 4.12. The molecule has 1 aromatic carbocycles. The molecule has 0 radical (unpaired) electrons. The molecule has 2 atom stereocenters. The SMILES string of the molecule is CCNC(COCC1CCCCO1)c1cc(C)ccc1C. The highest BCUT2D eigenvalue weighted by Crippen LogP contribution is 2.20. The smallest absolute Gasteiger partial charge is 0.0808 e. The van der Waals surface area contributed by atoms with E-state index in [2.05, 4.69) is 44.3 Å². The lowest BCUT2D eigenvalue weighted by atomic mass is 9.99. The first-order valence-corrected chi connectivity index (χ1v) is 8.20. The van der Waals surface area contributed by atoms with Crippen molar-refractivity contribution in [3.63, 3.8) is 0 Å². The van der Waals surface area contributed by atoms with Gasteiger partial charge in [-0.25, -0.2) is 0 Å². The summed E-state index contributed by atoms with van der Waals surface area (Å²) in [6, 6.07) is 6.89. The van der Waals surface area contributed by atoms with Crippen molar-refractivity contribution in [3.8, 4) is 0 Å².